The van der Waals surface area contributed by atoms with Crippen molar-refractivity contribution in [3.8, 4) is 0 Å². The SMILES string of the molecule is CCCNC(C)CC(C)Sc1nc(C)cc(C)n1. The Bertz CT molecular complexity index is 348. The Balaban J connectivity index is 2.46. The lowest BCUT2D eigenvalue weighted by molar-refractivity contribution is 0.513. The molecule has 2 atom stereocenters. The Morgan fingerprint density at radius 3 is 2.39 bits per heavy atom. The third-order valence-corrected chi connectivity index (χ3v) is 3.68. The van der Waals surface area contributed by atoms with Crippen LogP contribution in [0.1, 0.15) is 45.0 Å². The number of nitrogens with zero attached hydrogens (tertiary/aromatic N) is 2. The van der Waals surface area contributed by atoms with Crippen molar-refractivity contribution in [2.45, 2.75) is 63.9 Å². The second-order valence-electron chi connectivity index (χ2n) is 4.95. The molecule has 0 amide bonds. The van der Waals surface area contributed by atoms with E-state index in [-0.39, 0.29) is 0 Å². The fourth-order valence-electron chi connectivity index (χ4n) is 1.95. The number of nitrogens with one attached hydrogen (secondary N) is 1. The number of aromatic nitrogens is 2. The van der Waals surface area contributed by atoms with Gasteiger partial charge in [-0.3, -0.25) is 0 Å². The quantitative estimate of drug-likeness (QED) is 0.607. The lowest BCUT2D eigenvalue weighted by atomic mass is 10.2. The zero-order chi connectivity index (χ0) is 13.5. The number of hydrogen-bond acceptors (Lipinski definition) is 4. The van der Waals surface area contributed by atoms with Gasteiger partial charge in [-0.25, -0.2) is 9.97 Å². The van der Waals surface area contributed by atoms with Gasteiger partial charge >= 0.3 is 0 Å². The molecule has 1 aromatic heterocycles. The molecule has 1 rings (SSSR count). The van der Waals surface area contributed by atoms with Crippen molar-refractivity contribution in [1.29, 1.82) is 0 Å². The van der Waals surface area contributed by atoms with E-state index in [2.05, 4.69) is 36.1 Å². The zero-order valence-corrected chi connectivity index (χ0v) is 13.0. The van der Waals surface area contributed by atoms with Crippen LogP contribution in [0.25, 0.3) is 0 Å². The number of hydrogen-bond donors (Lipinski definition) is 1. The van der Waals surface area contributed by atoms with Crippen LogP contribution < -0.4 is 5.32 Å². The van der Waals surface area contributed by atoms with Crippen LogP contribution >= 0.6 is 11.8 Å². The van der Waals surface area contributed by atoms with Gasteiger partial charge in [0, 0.05) is 22.7 Å². The third-order valence-electron chi connectivity index (χ3n) is 2.70. The Morgan fingerprint density at radius 1 is 1.22 bits per heavy atom. The zero-order valence-electron chi connectivity index (χ0n) is 12.2. The predicted molar refractivity (Wildman–Crippen MR) is 79.2 cm³/mol. The van der Waals surface area contributed by atoms with Crippen LogP contribution in [-0.2, 0) is 0 Å². The summed E-state index contributed by atoms with van der Waals surface area (Å²) in [7, 11) is 0. The molecule has 0 spiro atoms. The van der Waals surface area contributed by atoms with E-state index in [9.17, 15) is 0 Å². The van der Waals surface area contributed by atoms with E-state index in [1.165, 1.54) is 6.42 Å². The summed E-state index contributed by atoms with van der Waals surface area (Å²) in [5.74, 6) is 0. The molecule has 0 bridgehead atoms. The number of aryl methyl sites for hydroxylation is 2. The molecular weight excluding hydrogens is 242 g/mol. The highest BCUT2D eigenvalue weighted by molar-refractivity contribution is 7.99. The minimum atomic E-state index is 0.533. The first kappa shape index (κ1) is 15.4. The summed E-state index contributed by atoms with van der Waals surface area (Å²) in [4.78, 5) is 8.95. The molecular formula is C14H25N3S. The van der Waals surface area contributed by atoms with Crippen LogP contribution in [0.3, 0.4) is 0 Å². The summed E-state index contributed by atoms with van der Waals surface area (Å²) in [6, 6.07) is 2.57. The average molecular weight is 267 g/mol. The van der Waals surface area contributed by atoms with Gasteiger partial charge in [-0.2, -0.15) is 0 Å². The van der Waals surface area contributed by atoms with Gasteiger partial charge in [0.15, 0.2) is 5.16 Å². The second-order valence-corrected chi connectivity index (χ2v) is 6.36. The summed E-state index contributed by atoms with van der Waals surface area (Å²) < 4.78 is 0. The summed E-state index contributed by atoms with van der Waals surface area (Å²) in [6.45, 7) is 11.8. The number of rotatable bonds is 7. The topological polar surface area (TPSA) is 37.8 Å². The molecule has 1 aromatic rings. The van der Waals surface area contributed by atoms with Gasteiger partial charge in [0.05, 0.1) is 0 Å². The monoisotopic (exact) mass is 267 g/mol. The minimum absolute atomic E-state index is 0.533. The molecule has 1 N–H and O–H groups in total. The molecule has 1 heterocycles. The lowest BCUT2D eigenvalue weighted by Crippen LogP contribution is -2.29. The van der Waals surface area contributed by atoms with Crippen molar-refractivity contribution in [2.75, 3.05) is 6.54 Å². The molecule has 0 aliphatic carbocycles. The van der Waals surface area contributed by atoms with E-state index in [0.29, 0.717) is 11.3 Å². The predicted octanol–water partition coefficient (Wildman–Crippen LogP) is 3.35. The van der Waals surface area contributed by atoms with Gasteiger partial charge in [-0.15, -0.1) is 0 Å². The molecule has 0 aliphatic rings. The Kier molecular flexibility index (Phi) is 6.65. The highest BCUT2D eigenvalue weighted by Gasteiger charge is 2.11. The van der Waals surface area contributed by atoms with E-state index in [1.54, 1.807) is 11.8 Å². The lowest BCUT2D eigenvalue weighted by Gasteiger charge is -2.17. The van der Waals surface area contributed by atoms with Gasteiger partial charge < -0.3 is 5.32 Å². The summed E-state index contributed by atoms with van der Waals surface area (Å²) in [5, 5.41) is 4.96. The Morgan fingerprint density at radius 2 is 1.83 bits per heavy atom. The number of thioether (sulfide) groups is 1. The van der Waals surface area contributed by atoms with Crippen LogP contribution in [0.15, 0.2) is 11.2 Å². The van der Waals surface area contributed by atoms with Crippen molar-refractivity contribution in [1.82, 2.24) is 15.3 Å². The molecule has 0 aromatic carbocycles. The maximum absolute atomic E-state index is 4.47. The van der Waals surface area contributed by atoms with Crippen LogP contribution in [0, 0.1) is 13.8 Å². The van der Waals surface area contributed by atoms with Crippen molar-refractivity contribution in [3.05, 3.63) is 17.5 Å². The fraction of sp³-hybridized carbons (Fsp3) is 0.714. The first-order valence-corrected chi connectivity index (χ1v) is 7.61. The minimum Gasteiger partial charge on any atom is -0.314 e. The normalized spacial score (nSPS) is 14.5. The van der Waals surface area contributed by atoms with Crippen LogP contribution in [0.5, 0.6) is 0 Å². The highest BCUT2D eigenvalue weighted by atomic mass is 32.2. The van der Waals surface area contributed by atoms with Crippen LogP contribution in [-0.4, -0.2) is 27.8 Å². The van der Waals surface area contributed by atoms with E-state index >= 15 is 0 Å². The van der Waals surface area contributed by atoms with Gasteiger partial charge in [-0.1, -0.05) is 25.6 Å². The van der Waals surface area contributed by atoms with E-state index in [4.69, 9.17) is 0 Å². The third kappa shape index (κ3) is 5.83. The van der Waals surface area contributed by atoms with Crippen LogP contribution in [0.2, 0.25) is 0 Å². The molecule has 0 saturated carbocycles. The van der Waals surface area contributed by atoms with E-state index in [0.717, 1.165) is 29.5 Å². The summed E-state index contributed by atoms with van der Waals surface area (Å²) >= 11 is 1.77. The molecule has 2 unspecified atom stereocenters. The molecule has 102 valence electrons. The largest absolute Gasteiger partial charge is 0.314 e. The van der Waals surface area contributed by atoms with Gasteiger partial charge in [0.25, 0.3) is 0 Å². The van der Waals surface area contributed by atoms with Gasteiger partial charge in [0.2, 0.25) is 0 Å². The molecule has 0 aliphatic heterocycles. The van der Waals surface area contributed by atoms with Crippen molar-refractivity contribution in [2.24, 2.45) is 0 Å². The summed E-state index contributed by atoms with van der Waals surface area (Å²) in [5.41, 5.74) is 2.10. The molecule has 18 heavy (non-hydrogen) atoms. The molecule has 0 fully saturated rings. The molecule has 0 radical (unpaired) electrons. The maximum atomic E-state index is 4.47. The van der Waals surface area contributed by atoms with Crippen molar-refractivity contribution >= 4 is 11.8 Å². The maximum Gasteiger partial charge on any atom is 0.188 e. The van der Waals surface area contributed by atoms with E-state index < -0.39 is 0 Å². The smallest absolute Gasteiger partial charge is 0.188 e. The van der Waals surface area contributed by atoms with Crippen molar-refractivity contribution < 1.29 is 0 Å². The fourth-order valence-corrected chi connectivity index (χ4v) is 3.08. The van der Waals surface area contributed by atoms with Gasteiger partial charge in [-0.05, 0) is 46.2 Å². The second kappa shape index (κ2) is 7.74. The van der Waals surface area contributed by atoms with Gasteiger partial charge in [0.1, 0.15) is 0 Å². The average Bonchev–Trinajstić information content (AvgIpc) is 2.24. The Hall–Kier alpha value is -0.610. The van der Waals surface area contributed by atoms with Crippen molar-refractivity contribution in [3.63, 3.8) is 0 Å². The van der Waals surface area contributed by atoms with E-state index in [1.807, 2.05) is 19.9 Å². The molecule has 4 heteroatoms. The Labute approximate surface area is 115 Å². The summed E-state index contributed by atoms with van der Waals surface area (Å²) in [6.07, 6.45) is 2.33. The highest BCUT2D eigenvalue weighted by Crippen LogP contribution is 2.23. The van der Waals surface area contributed by atoms with Crippen LogP contribution in [0.4, 0.5) is 0 Å². The first-order chi connectivity index (χ1) is 8.51. The standard InChI is InChI=1S/C14H25N3S/c1-6-7-15-10(2)9-13(5)18-14-16-11(3)8-12(4)17-14/h8,10,13,15H,6-7,9H2,1-5H3. The molecule has 0 saturated heterocycles. The molecule has 3 nitrogen and oxygen atoms in total. The first-order valence-electron chi connectivity index (χ1n) is 6.73.